The summed E-state index contributed by atoms with van der Waals surface area (Å²) in [5.74, 6) is -0.712. The fourth-order valence-corrected chi connectivity index (χ4v) is 3.20. The molecule has 1 aromatic heterocycles. The molecule has 0 radical (unpaired) electrons. The van der Waals surface area contributed by atoms with Crippen molar-refractivity contribution in [3.63, 3.8) is 0 Å². The minimum Gasteiger partial charge on any atom is -0.347 e. The maximum Gasteiger partial charge on any atom is 0.251 e. The average molecular weight is 326 g/mol. The average Bonchev–Trinajstić information content (AvgIpc) is 2.94. The molecule has 0 bridgehead atoms. The second-order valence-corrected chi connectivity index (χ2v) is 6.17. The summed E-state index contributed by atoms with van der Waals surface area (Å²) in [6.45, 7) is 2.30. The molecule has 0 fully saturated rings. The summed E-state index contributed by atoms with van der Waals surface area (Å²) in [5.41, 5.74) is 2.27. The zero-order chi connectivity index (χ0) is 16.2. The molecule has 1 N–H and O–H groups in total. The first-order valence-corrected chi connectivity index (χ1v) is 8.00. The molecule has 0 saturated carbocycles. The lowest BCUT2D eigenvalue weighted by Crippen LogP contribution is -2.22. The van der Waals surface area contributed by atoms with Crippen molar-refractivity contribution in [1.82, 2.24) is 10.3 Å². The van der Waals surface area contributed by atoms with Crippen LogP contribution in [0.15, 0.2) is 54.6 Å². The third kappa shape index (κ3) is 3.63. The quantitative estimate of drug-likeness (QED) is 0.781. The molecule has 116 valence electrons. The van der Waals surface area contributed by atoms with Crippen LogP contribution in [-0.4, -0.2) is 10.9 Å². The number of carbonyl (C=O) groups excluding carboxylic acids is 1. The van der Waals surface area contributed by atoms with Gasteiger partial charge in [-0.25, -0.2) is 9.37 Å². The van der Waals surface area contributed by atoms with Gasteiger partial charge < -0.3 is 5.32 Å². The van der Waals surface area contributed by atoms with Crippen LogP contribution in [-0.2, 0) is 6.54 Å². The van der Waals surface area contributed by atoms with E-state index in [4.69, 9.17) is 0 Å². The molecule has 0 aliphatic rings. The standard InChI is InChI=1S/C18H15FN2OS/c1-12-16(23-18(21-12)13-6-3-2-4-7-13)11-20-17(22)14-8-5-9-15(19)10-14/h2-10H,11H2,1H3,(H,20,22). The zero-order valence-electron chi connectivity index (χ0n) is 12.5. The number of nitrogens with one attached hydrogen (secondary N) is 1. The van der Waals surface area contributed by atoms with E-state index in [0.717, 1.165) is 21.1 Å². The SMILES string of the molecule is Cc1nc(-c2ccccc2)sc1CNC(=O)c1cccc(F)c1. The van der Waals surface area contributed by atoms with E-state index < -0.39 is 5.82 Å². The molecule has 1 amide bonds. The Kier molecular flexibility index (Phi) is 4.48. The van der Waals surface area contributed by atoms with Gasteiger partial charge in [-0.15, -0.1) is 11.3 Å². The van der Waals surface area contributed by atoms with Crippen molar-refractivity contribution in [1.29, 1.82) is 0 Å². The first-order chi connectivity index (χ1) is 11.1. The van der Waals surface area contributed by atoms with Crippen molar-refractivity contribution in [3.8, 4) is 10.6 Å². The molecule has 23 heavy (non-hydrogen) atoms. The lowest BCUT2D eigenvalue weighted by Gasteiger charge is -2.04. The maximum absolute atomic E-state index is 13.2. The summed E-state index contributed by atoms with van der Waals surface area (Å²) in [6.07, 6.45) is 0. The Morgan fingerprint density at radius 3 is 2.70 bits per heavy atom. The lowest BCUT2D eigenvalue weighted by molar-refractivity contribution is 0.0951. The predicted molar refractivity (Wildman–Crippen MR) is 89.9 cm³/mol. The number of carbonyl (C=O) groups is 1. The van der Waals surface area contributed by atoms with Crippen molar-refractivity contribution >= 4 is 17.2 Å². The molecular weight excluding hydrogens is 311 g/mol. The monoisotopic (exact) mass is 326 g/mol. The summed E-state index contributed by atoms with van der Waals surface area (Å²) in [5, 5.41) is 3.74. The number of halogens is 1. The Balaban J connectivity index is 1.71. The highest BCUT2D eigenvalue weighted by molar-refractivity contribution is 7.15. The van der Waals surface area contributed by atoms with Crippen molar-refractivity contribution in [2.24, 2.45) is 0 Å². The smallest absolute Gasteiger partial charge is 0.251 e. The molecule has 3 aromatic rings. The van der Waals surface area contributed by atoms with Crippen LogP contribution in [0.4, 0.5) is 4.39 Å². The molecular formula is C18H15FN2OS. The van der Waals surface area contributed by atoms with E-state index in [9.17, 15) is 9.18 Å². The number of amides is 1. The van der Waals surface area contributed by atoms with E-state index in [0.29, 0.717) is 12.1 Å². The first kappa shape index (κ1) is 15.4. The molecule has 5 heteroatoms. The molecule has 0 saturated heterocycles. The zero-order valence-corrected chi connectivity index (χ0v) is 13.4. The van der Waals surface area contributed by atoms with Crippen LogP contribution in [0, 0.1) is 12.7 Å². The molecule has 0 unspecified atom stereocenters. The fraction of sp³-hybridized carbons (Fsp3) is 0.111. The first-order valence-electron chi connectivity index (χ1n) is 7.19. The van der Waals surface area contributed by atoms with Gasteiger partial charge in [-0.1, -0.05) is 36.4 Å². The number of hydrogen-bond donors (Lipinski definition) is 1. The van der Waals surface area contributed by atoms with Gasteiger partial charge in [0, 0.05) is 16.0 Å². The number of nitrogens with zero attached hydrogens (tertiary/aromatic N) is 1. The van der Waals surface area contributed by atoms with Crippen molar-refractivity contribution in [2.45, 2.75) is 13.5 Å². The van der Waals surface area contributed by atoms with Crippen molar-refractivity contribution in [3.05, 3.63) is 76.5 Å². The largest absolute Gasteiger partial charge is 0.347 e. The van der Waals surface area contributed by atoms with E-state index in [2.05, 4.69) is 10.3 Å². The van der Waals surface area contributed by atoms with Gasteiger partial charge in [-0.3, -0.25) is 4.79 Å². The van der Waals surface area contributed by atoms with Crippen molar-refractivity contribution < 1.29 is 9.18 Å². The fourth-order valence-electron chi connectivity index (χ4n) is 2.19. The van der Waals surface area contributed by atoms with Gasteiger partial charge in [0.15, 0.2) is 0 Å². The van der Waals surface area contributed by atoms with Crippen LogP contribution < -0.4 is 5.32 Å². The van der Waals surface area contributed by atoms with Gasteiger partial charge in [0.25, 0.3) is 5.91 Å². The summed E-state index contributed by atoms with van der Waals surface area (Å²) < 4.78 is 13.2. The van der Waals surface area contributed by atoms with Crippen LogP contribution >= 0.6 is 11.3 Å². The Hall–Kier alpha value is -2.53. The number of thiazole rings is 1. The van der Waals surface area contributed by atoms with Gasteiger partial charge in [0.2, 0.25) is 0 Å². The molecule has 0 spiro atoms. The van der Waals surface area contributed by atoms with Crippen LogP contribution in [0.2, 0.25) is 0 Å². The summed E-state index contributed by atoms with van der Waals surface area (Å²) >= 11 is 1.55. The van der Waals surface area contributed by atoms with Gasteiger partial charge in [-0.05, 0) is 25.1 Å². The second-order valence-electron chi connectivity index (χ2n) is 5.09. The van der Waals surface area contributed by atoms with E-state index in [1.54, 1.807) is 17.4 Å². The number of benzene rings is 2. The third-order valence-corrected chi connectivity index (χ3v) is 4.62. The predicted octanol–water partition coefficient (Wildman–Crippen LogP) is 4.19. The summed E-state index contributed by atoms with van der Waals surface area (Å²) in [6, 6.07) is 15.6. The van der Waals surface area contributed by atoms with Crippen LogP contribution in [0.3, 0.4) is 0 Å². The van der Waals surface area contributed by atoms with Gasteiger partial charge in [-0.2, -0.15) is 0 Å². The summed E-state index contributed by atoms with van der Waals surface area (Å²) in [4.78, 5) is 17.6. The normalized spacial score (nSPS) is 10.5. The highest BCUT2D eigenvalue weighted by Gasteiger charge is 2.11. The molecule has 0 aliphatic carbocycles. The van der Waals surface area contributed by atoms with Crippen LogP contribution in [0.1, 0.15) is 20.9 Å². The molecule has 3 rings (SSSR count). The molecule has 1 heterocycles. The summed E-state index contributed by atoms with van der Waals surface area (Å²) in [7, 11) is 0. The van der Waals surface area contributed by atoms with E-state index >= 15 is 0 Å². The second kappa shape index (κ2) is 6.71. The Morgan fingerprint density at radius 2 is 1.96 bits per heavy atom. The lowest BCUT2D eigenvalue weighted by atomic mass is 10.2. The third-order valence-electron chi connectivity index (χ3n) is 3.41. The Labute approximate surface area is 137 Å². The van der Waals surface area contributed by atoms with Crippen molar-refractivity contribution in [2.75, 3.05) is 0 Å². The van der Waals surface area contributed by atoms with Gasteiger partial charge >= 0.3 is 0 Å². The number of hydrogen-bond acceptors (Lipinski definition) is 3. The number of aromatic nitrogens is 1. The maximum atomic E-state index is 13.2. The highest BCUT2D eigenvalue weighted by Crippen LogP contribution is 2.27. The van der Waals surface area contributed by atoms with E-state index in [-0.39, 0.29) is 5.91 Å². The molecule has 2 aromatic carbocycles. The molecule has 3 nitrogen and oxygen atoms in total. The van der Waals surface area contributed by atoms with Gasteiger partial charge in [0.1, 0.15) is 10.8 Å². The Morgan fingerprint density at radius 1 is 1.17 bits per heavy atom. The van der Waals surface area contributed by atoms with Crippen LogP contribution in [0.25, 0.3) is 10.6 Å². The van der Waals surface area contributed by atoms with E-state index in [1.165, 1.54) is 18.2 Å². The highest BCUT2D eigenvalue weighted by atomic mass is 32.1. The topological polar surface area (TPSA) is 42.0 Å². The minimum atomic E-state index is -0.419. The number of aryl methyl sites for hydroxylation is 1. The van der Waals surface area contributed by atoms with Gasteiger partial charge in [0.05, 0.1) is 12.2 Å². The van der Waals surface area contributed by atoms with E-state index in [1.807, 2.05) is 37.3 Å². The number of rotatable bonds is 4. The minimum absolute atomic E-state index is 0.293. The molecule has 0 atom stereocenters. The molecule has 0 aliphatic heterocycles. The van der Waals surface area contributed by atoms with Crippen LogP contribution in [0.5, 0.6) is 0 Å². The Bertz CT molecular complexity index is 830.